The molecule has 1 fully saturated rings. The third-order valence-electron chi connectivity index (χ3n) is 5.13. The Morgan fingerprint density at radius 2 is 1.88 bits per heavy atom. The smallest absolute Gasteiger partial charge is 0.300 e. The lowest BCUT2D eigenvalue weighted by molar-refractivity contribution is -0.132. The van der Waals surface area contributed by atoms with Crippen molar-refractivity contribution in [1.82, 2.24) is 0 Å². The zero-order chi connectivity index (χ0) is 23.0. The number of amides is 1. The Labute approximate surface area is 190 Å². The summed E-state index contributed by atoms with van der Waals surface area (Å²) in [6, 6.07) is 14.4. The number of anilines is 1. The van der Waals surface area contributed by atoms with Crippen molar-refractivity contribution in [1.29, 1.82) is 0 Å². The van der Waals surface area contributed by atoms with Crippen molar-refractivity contribution >= 4 is 34.5 Å². The number of phenols is 1. The van der Waals surface area contributed by atoms with Gasteiger partial charge in [0.1, 0.15) is 23.3 Å². The summed E-state index contributed by atoms with van der Waals surface area (Å²) < 4.78 is 5.71. The van der Waals surface area contributed by atoms with Crippen LogP contribution in [0.4, 0.5) is 5.69 Å². The minimum atomic E-state index is -0.864. The molecule has 2 heterocycles. The van der Waals surface area contributed by atoms with Gasteiger partial charge in [0.05, 0.1) is 17.4 Å². The Balaban J connectivity index is 1.90. The van der Waals surface area contributed by atoms with Crippen LogP contribution in [0.25, 0.3) is 5.76 Å². The highest BCUT2D eigenvalue weighted by atomic mass is 32.1. The number of benzene rings is 2. The Morgan fingerprint density at radius 3 is 2.56 bits per heavy atom. The molecule has 2 aromatic carbocycles. The van der Waals surface area contributed by atoms with E-state index < -0.39 is 17.7 Å². The summed E-state index contributed by atoms with van der Waals surface area (Å²) in [7, 11) is 0. The molecule has 32 heavy (non-hydrogen) atoms. The highest BCUT2D eigenvalue weighted by Gasteiger charge is 2.48. The maximum Gasteiger partial charge on any atom is 0.300 e. The zero-order valence-electron chi connectivity index (χ0n) is 17.9. The quantitative estimate of drug-likeness (QED) is 0.319. The molecule has 6 nitrogen and oxygen atoms in total. The predicted octanol–water partition coefficient (Wildman–Crippen LogP) is 5.18. The number of aliphatic hydroxyl groups is 1. The first kappa shape index (κ1) is 21.6. The third kappa shape index (κ3) is 3.87. The predicted molar refractivity (Wildman–Crippen MR) is 124 cm³/mol. The van der Waals surface area contributed by atoms with Crippen LogP contribution in [0.5, 0.6) is 11.5 Å². The number of Topliss-reactive ketones (excluding diaryl/α,β-unsaturated/α-hetero) is 1. The third-order valence-corrected chi connectivity index (χ3v) is 6.05. The molecule has 0 saturated carbocycles. The molecule has 2 N–H and O–H groups in total. The number of phenolic OH excluding ortho intramolecular Hbond substituents is 1. The summed E-state index contributed by atoms with van der Waals surface area (Å²) in [5.74, 6) is -1.48. The first-order chi connectivity index (χ1) is 15.3. The van der Waals surface area contributed by atoms with Gasteiger partial charge in [-0.3, -0.25) is 14.5 Å². The molecule has 1 amide bonds. The van der Waals surface area contributed by atoms with E-state index >= 15 is 0 Å². The van der Waals surface area contributed by atoms with Crippen LogP contribution in [-0.2, 0) is 9.59 Å². The Hall–Kier alpha value is -3.58. The van der Waals surface area contributed by atoms with Crippen molar-refractivity contribution in [3.05, 3.63) is 81.6 Å². The molecule has 7 heteroatoms. The second kappa shape index (κ2) is 8.51. The van der Waals surface area contributed by atoms with Crippen molar-refractivity contribution < 1.29 is 24.5 Å². The molecule has 1 saturated heterocycles. The minimum Gasteiger partial charge on any atom is -0.507 e. The molecule has 4 rings (SSSR count). The number of aromatic hydroxyl groups is 1. The van der Waals surface area contributed by atoms with Gasteiger partial charge < -0.3 is 14.9 Å². The average Bonchev–Trinajstić information content (AvgIpc) is 3.36. The van der Waals surface area contributed by atoms with E-state index in [1.807, 2.05) is 32.2 Å². The fraction of sp³-hybridized carbons (Fsp3) is 0.200. The largest absolute Gasteiger partial charge is 0.507 e. The summed E-state index contributed by atoms with van der Waals surface area (Å²) in [4.78, 5) is 28.2. The van der Waals surface area contributed by atoms with E-state index in [2.05, 4.69) is 0 Å². The van der Waals surface area contributed by atoms with Crippen LogP contribution in [0.3, 0.4) is 0 Å². The Kier molecular flexibility index (Phi) is 5.76. The van der Waals surface area contributed by atoms with Gasteiger partial charge in [-0.15, -0.1) is 11.3 Å². The SMILES string of the molecule is Cc1ccc(O)c(N2C(=O)C(=O)/C(=C(\O)c3cccc(OC(C)C)c3)C2c2cccs2)c1. The number of carbonyl (C=O) groups is 2. The highest BCUT2D eigenvalue weighted by Crippen LogP contribution is 2.46. The lowest BCUT2D eigenvalue weighted by Gasteiger charge is -2.25. The van der Waals surface area contributed by atoms with E-state index in [4.69, 9.17) is 4.74 Å². The summed E-state index contributed by atoms with van der Waals surface area (Å²) >= 11 is 1.36. The first-order valence-electron chi connectivity index (χ1n) is 10.2. The normalized spacial score (nSPS) is 17.9. The van der Waals surface area contributed by atoms with Crippen molar-refractivity contribution in [2.45, 2.75) is 32.9 Å². The van der Waals surface area contributed by atoms with Crippen LogP contribution in [0.1, 0.15) is 35.9 Å². The summed E-state index contributed by atoms with van der Waals surface area (Å²) in [6.45, 7) is 5.62. The number of ether oxygens (including phenoxy) is 1. The number of hydrogen-bond donors (Lipinski definition) is 2. The zero-order valence-corrected chi connectivity index (χ0v) is 18.7. The number of aryl methyl sites for hydroxylation is 1. The second-order valence-electron chi connectivity index (χ2n) is 7.87. The number of nitrogens with zero attached hydrogens (tertiary/aromatic N) is 1. The Morgan fingerprint density at radius 1 is 1.09 bits per heavy atom. The van der Waals surface area contributed by atoms with Gasteiger partial charge in [0, 0.05) is 10.4 Å². The fourth-order valence-electron chi connectivity index (χ4n) is 3.77. The van der Waals surface area contributed by atoms with Gasteiger partial charge in [-0.25, -0.2) is 0 Å². The van der Waals surface area contributed by atoms with E-state index in [1.165, 1.54) is 22.3 Å². The maximum absolute atomic E-state index is 13.2. The number of ketones is 1. The molecular formula is C25H23NO5S. The number of thiophene rings is 1. The summed E-state index contributed by atoms with van der Waals surface area (Å²) in [6.07, 6.45) is -0.0617. The number of carbonyl (C=O) groups excluding carboxylic acids is 2. The van der Waals surface area contributed by atoms with Crippen LogP contribution >= 0.6 is 11.3 Å². The molecule has 1 atom stereocenters. The van der Waals surface area contributed by atoms with Crippen molar-refractivity contribution in [3.63, 3.8) is 0 Å². The number of hydrogen-bond acceptors (Lipinski definition) is 6. The molecule has 3 aromatic rings. The van der Waals surface area contributed by atoms with Crippen molar-refractivity contribution in [3.8, 4) is 11.5 Å². The summed E-state index contributed by atoms with van der Waals surface area (Å²) in [5.41, 5.74) is 1.39. The highest BCUT2D eigenvalue weighted by molar-refractivity contribution is 7.10. The van der Waals surface area contributed by atoms with E-state index in [0.717, 1.165) is 5.56 Å². The minimum absolute atomic E-state index is 0.0277. The van der Waals surface area contributed by atoms with Crippen LogP contribution < -0.4 is 9.64 Å². The molecule has 0 spiro atoms. The van der Waals surface area contributed by atoms with E-state index in [0.29, 0.717) is 16.2 Å². The van der Waals surface area contributed by atoms with Gasteiger partial charge in [0.15, 0.2) is 0 Å². The molecule has 0 bridgehead atoms. The van der Waals surface area contributed by atoms with E-state index in [1.54, 1.807) is 42.5 Å². The van der Waals surface area contributed by atoms with Crippen LogP contribution in [-0.4, -0.2) is 28.0 Å². The van der Waals surface area contributed by atoms with Crippen LogP contribution in [0.15, 0.2) is 65.6 Å². The van der Waals surface area contributed by atoms with E-state index in [-0.39, 0.29) is 28.9 Å². The van der Waals surface area contributed by atoms with Crippen LogP contribution in [0.2, 0.25) is 0 Å². The maximum atomic E-state index is 13.2. The first-order valence-corrected chi connectivity index (χ1v) is 11.1. The van der Waals surface area contributed by atoms with Gasteiger partial charge in [-0.2, -0.15) is 0 Å². The fourth-order valence-corrected chi connectivity index (χ4v) is 4.59. The molecule has 0 aliphatic carbocycles. The standard InChI is InChI=1S/C25H23NO5S/c1-14(2)31-17-7-4-6-16(13-17)23(28)21-22(20-8-5-11-32-20)26(25(30)24(21)29)18-12-15(3)9-10-19(18)27/h4-14,22,27-28H,1-3H3/b23-21-. The molecule has 1 aliphatic rings. The molecular weight excluding hydrogens is 426 g/mol. The lowest BCUT2D eigenvalue weighted by Crippen LogP contribution is -2.29. The molecule has 1 aromatic heterocycles. The van der Waals surface area contributed by atoms with Gasteiger partial charge in [-0.1, -0.05) is 24.3 Å². The van der Waals surface area contributed by atoms with Crippen molar-refractivity contribution in [2.24, 2.45) is 0 Å². The molecule has 1 unspecified atom stereocenters. The van der Waals surface area contributed by atoms with Gasteiger partial charge in [0.25, 0.3) is 11.7 Å². The molecule has 0 radical (unpaired) electrons. The van der Waals surface area contributed by atoms with Gasteiger partial charge >= 0.3 is 0 Å². The lowest BCUT2D eigenvalue weighted by atomic mass is 9.99. The monoisotopic (exact) mass is 449 g/mol. The second-order valence-corrected chi connectivity index (χ2v) is 8.85. The number of aliphatic hydroxyl groups excluding tert-OH is 1. The van der Waals surface area contributed by atoms with E-state index in [9.17, 15) is 19.8 Å². The topological polar surface area (TPSA) is 87.1 Å². The Bertz CT molecular complexity index is 1210. The summed E-state index contributed by atoms with van der Waals surface area (Å²) in [5, 5.41) is 23.5. The number of rotatable bonds is 5. The molecule has 164 valence electrons. The van der Waals surface area contributed by atoms with Gasteiger partial charge in [0.2, 0.25) is 0 Å². The molecule has 1 aliphatic heterocycles. The average molecular weight is 450 g/mol. The van der Waals surface area contributed by atoms with Crippen molar-refractivity contribution in [2.75, 3.05) is 4.90 Å². The van der Waals surface area contributed by atoms with Gasteiger partial charge in [-0.05, 0) is 62.0 Å². The van der Waals surface area contributed by atoms with Crippen LogP contribution in [0, 0.1) is 6.92 Å².